The normalized spacial score (nSPS) is 19.4. The molecule has 1 atom stereocenters. The molecule has 1 fully saturated rings. The van der Waals surface area contributed by atoms with Gasteiger partial charge in [-0.25, -0.2) is 0 Å². The number of anilines is 1. The van der Waals surface area contributed by atoms with Gasteiger partial charge in [-0.2, -0.15) is 0 Å². The van der Waals surface area contributed by atoms with Gasteiger partial charge in [0, 0.05) is 17.3 Å². The van der Waals surface area contributed by atoms with E-state index in [0.29, 0.717) is 41.2 Å². The largest absolute Gasteiger partial charge is 0.507 e. The summed E-state index contributed by atoms with van der Waals surface area (Å²) in [6.07, 6.45) is 1.43. The van der Waals surface area contributed by atoms with Crippen molar-refractivity contribution in [1.82, 2.24) is 0 Å². The maximum atomic E-state index is 13.1. The number of aliphatic hydroxyl groups excluding tert-OH is 1. The fourth-order valence-corrected chi connectivity index (χ4v) is 4.09. The predicted octanol–water partition coefficient (Wildman–Crippen LogP) is 4.98. The molecule has 32 heavy (non-hydrogen) atoms. The van der Waals surface area contributed by atoms with E-state index in [9.17, 15) is 14.7 Å². The fourth-order valence-electron chi connectivity index (χ4n) is 3.80. The van der Waals surface area contributed by atoms with Gasteiger partial charge >= 0.3 is 0 Å². The van der Waals surface area contributed by atoms with Gasteiger partial charge in [0.1, 0.15) is 30.8 Å². The highest BCUT2D eigenvalue weighted by molar-refractivity contribution is 6.51. The maximum Gasteiger partial charge on any atom is 0.300 e. The highest BCUT2D eigenvalue weighted by Crippen LogP contribution is 2.44. The molecule has 2 aromatic carbocycles. The van der Waals surface area contributed by atoms with Gasteiger partial charge in [0.25, 0.3) is 11.7 Å². The first-order chi connectivity index (χ1) is 15.5. The van der Waals surface area contributed by atoms with Gasteiger partial charge in [0.15, 0.2) is 11.5 Å². The number of benzene rings is 2. The molecule has 162 valence electrons. The monoisotopic (exact) mass is 471 g/mol. The Hall–Kier alpha value is -3.42. The van der Waals surface area contributed by atoms with E-state index in [4.69, 9.17) is 37.1 Å². The SMILES string of the molecule is O=C1C(=O)N(c2ccc3c(c2)OCCO3)C(c2ccco2)/C1=C(/O)c1ccc(Cl)c(Cl)c1. The van der Waals surface area contributed by atoms with Crippen molar-refractivity contribution in [3.8, 4) is 11.5 Å². The number of Topliss-reactive ketones (excluding diaryl/α,β-unsaturated/α-hetero) is 1. The number of ketones is 1. The number of nitrogens with zero attached hydrogens (tertiary/aromatic N) is 1. The van der Waals surface area contributed by atoms with Crippen LogP contribution >= 0.6 is 23.2 Å². The van der Waals surface area contributed by atoms with Crippen LogP contribution in [0.4, 0.5) is 5.69 Å². The van der Waals surface area contributed by atoms with Gasteiger partial charge in [-0.1, -0.05) is 23.2 Å². The molecule has 2 aliphatic heterocycles. The van der Waals surface area contributed by atoms with Crippen LogP contribution in [0.1, 0.15) is 17.4 Å². The Morgan fingerprint density at radius 1 is 0.969 bits per heavy atom. The van der Waals surface area contributed by atoms with Gasteiger partial charge in [-0.3, -0.25) is 14.5 Å². The Balaban J connectivity index is 1.68. The summed E-state index contributed by atoms with van der Waals surface area (Å²) in [7, 11) is 0. The highest BCUT2D eigenvalue weighted by atomic mass is 35.5. The summed E-state index contributed by atoms with van der Waals surface area (Å²) < 4.78 is 16.7. The maximum absolute atomic E-state index is 13.1. The van der Waals surface area contributed by atoms with Gasteiger partial charge in [0.2, 0.25) is 0 Å². The molecule has 2 aliphatic rings. The van der Waals surface area contributed by atoms with E-state index < -0.39 is 17.7 Å². The van der Waals surface area contributed by atoms with Gasteiger partial charge < -0.3 is 19.0 Å². The summed E-state index contributed by atoms with van der Waals surface area (Å²) in [6, 6.07) is 11.6. The van der Waals surface area contributed by atoms with Crippen molar-refractivity contribution in [3.63, 3.8) is 0 Å². The lowest BCUT2D eigenvalue weighted by Gasteiger charge is -2.25. The second-order valence-electron chi connectivity index (χ2n) is 7.14. The molecule has 3 heterocycles. The Morgan fingerprint density at radius 2 is 1.75 bits per heavy atom. The molecule has 0 radical (unpaired) electrons. The number of aliphatic hydroxyl groups is 1. The molecule has 0 aliphatic carbocycles. The number of furan rings is 1. The van der Waals surface area contributed by atoms with Gasteiger partial charge in [-0.05, 0) is 42.5 Å². The van der Waals surface area contributed by atoms with E-state index in [1.807, 2.05) is 0 Å². The summed E-state index contributed by atoms with van der Waals surface area (Å²) >= 11 is 12.1. The zero-order valence-electron chi connectivity index (χ0n) is 16.4. The molecule has 3 aromatic rings. The number of fused-ring (bicyclic) bond motifs is 1. The summed E-state index contributed by atoms with van der Waals surface area (Å²) in [5.41, 5.74) is 0.514. The van der Waals surface area contributed by atoms with Crippen LogP contribution < -0.4 is 14.4 Å². The van der Waals surface area contributed by atoms with Crippen molar-refractivity contribution in [2.24, 2.45) is 0 Å². The first-order valence-electron chi connectivity index (χ1n) is 9.65. The third-order valence-electron chi connectivity index (χ3n) is 5.25. The average Bonchev–Trinajstić information content (AvgIpc) is 3.42. The molecule has 1 N–H and O–H groups in total. The molecular formula is C23H15Cl2NO6. The van der Waals surface area contributed by atoms with Crippen LogP contribution in [-0.4, -0.2) is 30.0 Å². The van der Waals surface area contributed by atoms with E-state index >= 15 is 0 Å². The number of ether oxygens (including phenoxy) is 2. The molecule has 5 rings (SSSR count). The molecule has 0 saturated carbocycles. The van der Waals surface area contributed by atoms with E-state index in [1.54, 1.807) is 30.3 Å². The highest BCUT2D eigenvalue weighted by Gasteiger charge is 2.48. The van der Waals surface area contributed by atoms with Crippen molar-refractivity contribution >= 4 is 46.3 Å². The quantitative estimate of drug-likeness (QED) is 0.329. The second-order valence-corrected chi connectivity index (χ2v) is 7.96. The molecule has 1 amide bonds. The van der Waals surface area contributed by atoms with E-state index in [1.165, 1.54) is 29.4 Å². The van der Waals surface area contributed by atoms with Gasteiger partial charge in [0.05, 0.1) is 21.9 Å². The number of carbonyl (C=O) groups is 2. The van der Waals surface area contributed by atoms with Crippen LogP contribution in [0.5, 0.6) is 11.5 Å². The first kappa shape index (κ1) is 20.5. The van der Waals surface area contributed by atoms with Crippen molar-refractivity contribution in [3.05, 3.63) is 81.7 Å². The molecule has 0 spiro atoms. The van der Waals surface area contributed by atoms with Crippen molar-refractivity contribution in [1.29, 1.82) is 0 Å². The van der Waals surface area contributed by atoms with Crippen LogP contribution in [0.15, 0.2) is 64.8 Å². The molecule has 7 nitrogen and oxygen atoms in total. The van der Waals surface area contributed by atoms with Crippen LogP contribution in [0.25, 0.3) is 5.76 Å². The third-order valence-corrected chi connectivity index (χ3v) is 5.99. The summed E-state index contributed by atoms with van der Waals surface area (Å²) in [5.74, 6) is -0.751. The number of hydrogen-bond donors (Lipinski definition) is 1. The lowest BCUT2D eigenvalue weighted by Crippen LogP contribution is -2.29. The number of halogens is 2. The van der Waals surface area contributed by atoms with Crippen molar-refractivity contribution in [2.75, 3.05) is 18.1 Å². The molecule has 1 aromatic heterocycles. The van der Waals surface area contributed by atoms with Crippen molar-refractivity contribution < 1.29 is 28.6 Å². The minimum Gasteiger partial charge on any atom is -0.507 e. The first-order valence-corrected chi connectivity index (χ1v) is 10.4. The van der Waals surface area contributed by atoms with Crippen LogP contribution in [0.2, 0.25) is 10.0 Å². The minimum absolute atomic E-state index is 0.127. The summed E-state index contributed by atoms with van der Waals surface area (Å²) in [5, 5.41) is 11.5. The summed E-state index contributed by atoms with van der Waals surface area (Å²) in [6.45, 7) is 0.793. The average molecular weight is 472 g/mol. The Kier molecular flexibility index (Phi) is 5.07. The fraction of sp³-hybridized carbons (Fsp3) is 0.130. The number of amides is 1. The minimum atomic E-state index is -0.998. The van der Waals surface area contributed by atoms with Crippen LogP contribution in [0, 0.1) is 0 Å². The molecule has 1 unspecified atom stereocenters. The topological polar surface area (TPSA) is 89.2 Å². The lowest BCUT2D eigenvalue weighted by molar-refractivity contribution is -0.132. The van der Waals surface area contributed by atoms with Crippen LogP contribution in [0.3, 0.4) is 0 Å². The third kappa shape index (κ3) is 3.30. The Morgan fingerprint density at radius 3 is 2.47 bits per heavy atom. The molecule has 0 bridgehead atoms. The number of hydrogen-bond acceptors (Lipinski definition) is 6. The van der Waals surface area contributed by atoms with E-state index in [2.05, 4.69) is 0 Å². The zero-order chi connectivity index (χ0) is 22.4. The smallest absolute Gasteiger partial charge is 0.300 e. The lowest BCUT2D eigenvalue weighted by atomic mass is 9.99. The van der Waals surface area contributed by atoms with Gasteiger partial charge in [-0.15, -0.1) is 0 Å². The van der Waals surface area contributed by atoms with Crippen molar-refractivity contribution in [2.45, 2.75) is 6.04 Å². The Bertz CT molecular complexity index is 1270. The Labute approximate surface area is 192 Å². The van der Waals surface area contributed by atoms with Crippen LogP contribution in [-0.2, 0) is 9.59 Å². The number of rotatable bonds is 3. The second kappa shape index (κ2) is 7.93. The number of carbonyl (C=O) groups excluding carboxylic acids is 2. The van der Waals surface area contributed by atoms with E-state index in [0.717, 1.165) is 0 Å². The van der Waals surface area contributed by atoms with E-state index in [-0.39, 0.29) is 21.9 Å². The zero-order valence-corrected chi connectivity index (χ0v) is 17.9. The standard InChI is InChI=1S/C23H15Cl2NO6/c24-14-5-3-12(10-15(14)25)21(27)19-20(17-2-1-7-30-17)26(23(29)22(19)28)13-4-6-16-18(11-13)32-9-8-31-16/h1-7,10-11,20,27H,8-9H2/b21-19-. The summed E-state index contributed by atoms with van der Waals surface area (Å²) in [4.78, 5) is 27.5. The molecule has 1 saturated heterocycles. The molecule has 9 heteroatoms. The molecular weight excluding hydrogens is 457 g/mol. The predicted molar refractivity (Wildman–Crippen MR) is 117 cm³/mol.